The van der Waals surface area contributed by atoms with Crippen molar-refractivity contribution in [2.45, 2.75) is 17.3 Å². The van der Waals surface area contributed by atoms with Crippen LogP contribution in [0.15, 0.2) is 64.5 Å². The fourth-order valence-electron chi connectivity index (χ4n) is 2.94. The topological polar surface area (TPSA) is 69.3 Å². The van der Waals surface area contributed by atoms with E-state index in [1.165, 1.54) is 16.3 Å². The van der Waals surface area contributed by atoms with Gasteiger partial charge in [-0.25, -0.2) is 0 Å². The molecular weight excluding hydrogens is 348 g/mol. The van der Waals surface area contributed by atoms with Gasteiger partial charge >= 0.3 is 0 Å². The maximum atomic E-state index is 12.7. The summed E-state index contributed by atoms with van der Waals surface area (Å²) in [4.78, 5) is 25.1. The van der Waals surface area contributed by atoms with E-state index >= 15 is 0 Å². The van der Waals surface area contributed by atoms with Crippen LogP contribution in [0, 0.1) is 0 Å². The number of nitrogens with zero attached hydrogens (tertiary/aromatic N) is 4. The van der Waals surface area contributed by atoms with Crippen molar-refractivity contribution in [3.05, 3.63) is 70.5 Å². The van der Waals surface area contributed by atoms with Gasteiger partial charge in [0.15, 0.2) is 10.9 Å². The Hall–Kier alpha value is -2.93. The van der Waals surface area contributed by atoms with Crippen LogP contribution in [0.4, 0.5) is 0 Å². The van der Waals surface area contributed by atoms with Crippen LogP contribution in [-0.4, -0.2) is 30.2 Å². The van der Waals surface area contributed by atoms with Crippen molar-refractivity contribution in [1.82, 2.24) is 19.2 Å². The van der Waals surface area contributed by atoms with Crippen LogP contribution in [0.2, 0.25) is 0 Å². The molecule has 0 aliphatic rings. The predicted molar refractivity (Wildman–Crippen MR) is 102 cm³/mol. The Balaban J connectivity index is 1.81. The van der Waals surface area contributed by atoms with Crippen LogP contribution in [-0.2, 0) is 7.05 Å². The van der Waals surface area contributed by atoms with Crippen molar-refractivity contribution in [3.8, 4) is 0 Å². The first-order valence-corrected chi connectivity index (χ1v) is 9.04. The Kier molecular flexibility index (Phi) is 4.08. The number of benzene rings is 2. The molecule has 0 bridgehead atoms. The molecule has 0 aliphatic heterocycles. The third-order valence-electron chi connectivity index (χ3n) is 4.31. The van der Waals surface area contributed by atoms with Gasteiger partial charge in [0.05, 0.1) is 16.2 Å². The van der Waals surface area contributed by atoms with Crippen LogP contribution in [0.5, 0.6) is 0 Å². The molecule has 0 radical (unpaired) electrons. The number of hydrogen-bond acceptors (Lipinski definition) is 5. The van der Waals surface area contributed by atoms with Crippen molar-refractivity contribution in [3.63, 3.8) is 0 Å². The molecule has 2 heterocycles. The highest BCUT2D eigenvalue weighted by Gasteiger charge is 2.21. The predicted octanol–water partition coefficient (Wildman–Crippen LogP) is 2.94. The minimum Gasteiger partial charge on any atom is -0.293 e. The van der Waals surface area contributed by atoms with E-state index in [1.807, 2.05) is 47.7 Å². The fraction of sp³-hybridized carbons (Fsp3) is 0.158. The summed E-state index contributed by atoms with van der Waals surface area (Å²) in [6.07, 6.45) is 0. The molecule has 7 heteroatoms. The second-order valence-corrected chi connectivity index (χ2v) is 7.30. The summed E-state index contributed by atoms with van der Waals surface area (Å²) < 4.78 is 3.30. The molecule has 4 rings (SSSR count). The van der Waals surface area contributed by atoms with Gasteiger partial charge < -0.3 is 0 Å². The second kappa shape index (κ2) is 6.42. The first kappa shape index (κ1) is 16.5. The number of thioether (sulfide) groups is 1. The van der Waals surface area contributed by atoms with E-state index in [4.69, 9.17) is 0 Å². The number of hydrogen-bond donors (Lipinski definition) is 0. The molecule has 2 aromatic heterocycles. The molecular formula is C19H16N4O2S. The molecule has 4 aromatic rings. The molecule has 0 aliphatic carbocycles. The number of para-hydroxylation sites is 1. The van der Waals surface area contributed by atoms with Crippen LogP contribution in [0.1, 0.15) is 17.3 Å². The number of Topliss-reactive ketones (excluding diaryl/α,β-unsaturated/α-hetero) is 1. The summed E-state index contributed by atoms with van der Waals surface area (Å²) in [5, 5.41) is 9.23. The number of ketones is 1. The SMILES string of the molecule is CC(Sc1nnc2n(C)c(=O)c3ccccc3n12)C(=O)c1ccccc1. The number of aromatic nitrogens is 4. The van der Waals surface area contributed by atoms with Crippen LogP contribution < -0.4 is 5.56 Å². The molecule has 0 N–H and O–H groups in total. The zero-order valence-corrected chi connectivity index (χ0v) is 15.1. The molecule has 0 spiro atoms. The van der Waals surface area contributed by atoms with Gasteiger partial charge in [0.2, 0.25) is 5.78 Å². The van der Waals surface area contributed by atoms with Crippen molar-refractivity contribution in [2.75, 3.05) is 0 Å². The van der Waals surface area contributed by atoms with E-state index in [0.717, 1.165) is 5.52 Å². The minimum atomic E-state index is -0.333. The van der Waals surface area contributed by atoms with Crippen molar-refractivity contribution < 1.29 is 4.79 Å². The standard InChI is InChI=1S/C19H16N4O2S/c1-12(16(24)13-8-4-3-5-9-13)26-19-21-20-18-22(2)17(25)14-10-6-7-11-15(14)23(18)19/h3-12H,1-2H3. The highest BCUT2D eigenvalue weighted by Crippen LogP contribution is 2.26. The fourth-order valence-corrected chi connectivity index (χ4v) is 3.87. The average molecular weight is 364 g/mol. The number of carbonyl (C=O) groups excluding carboxylic acids is 1. The number of aryl methyl sites for hydroxylation is 1. The largest absolute Gasteiger partial charge is 0.293 e. The number of fused-ring (bicyclic) bond motifs is 3. The molecule has 0 amide bonds. The summed E-state index contributed by atoms with van der Waals surface area (Å²) in [5.74, 6) is 0.483. The summed E-state index contributed by atoms with van der Waals surface area (Å²) >= 11 is 1.34. The molecule has 130 valence electrons. The van der Waals surface area contributed by atoms with Gasteiger partial charge in [0, 0.05) is 12.6 Å². The lowest BCUT2D eigenvalue weighted by Crippen LogP contribution is -2.20. The Morgan fingerprint density at radius 1 is 1.04 bits per heavy atom. The Morgan fingerprint density at radius 2 is 1.73 bits per heavy atom. The van der Waals surface area contributed by atoms with Crippen LogP contribution in [0.3, 0.4) is 0 Å². The molecule has 0 saturated heterocycles. The Morgan fingerprint density at radius 3 is 2.50 bits per heavy atom. The van der Waals surface area contributed by atoms with Gasteiger partial charge in [-0.05, 0) is 19.1 Å². The smallest absolute Gasteiger partial charge is 0.262 e. The average Bonchev–Trinajstić information content (AvgIpc) is 3.10. The van der Waals surface area contributed by atoms with Gasteiger partial charge in [-0.2, -0.15) is 0 Å². The molecule has 6 nitrogen and oxygen atoms in total. The summed E-state index contributed by atoms with van der Waals surface area (Å²) in [5.41, 5.74) is 1.28. The number of carbonyl (C=O) groups is 1. The molecule has 1 unspecified atom stereocenters. The zero-order valence-electron chi connectivity index (χ0n) is 14.3. The van der Waals surface area contributed by atoms with E-state index in [9.17, 15) is 9.59 Å². The number of rotatable bonds is 4. The summed E-state index contributed by atoms with van der Waals surface area (Å²) in [6.45, 7) is 1.85. The van der Waals surface area contributed by atoms with Gasteiger partial charge in [0.1, 0.15) is 0 Å². The van der Waals surface area contributed by atoms with Crippen LogP contribution in [0.25, 0.3) is 16.7 Å². The first-order valence-electron chi connectivity index (χ1n) is 8.16. The van der Waals surface area contributed by atoms with Gasteiger partial charge in [0.25, 0.3) is 5.56 Å². The minimum absolute atomic E-state index is 0.0291. The first-order chi connectivity index (χ1) is 12.6. The molecule has 26 heavy (non-hydrogen) atoms. The second-order valence-electron chi connectivity index (χ2n) is 5.99. The van der Waals surface area contributed by atoms with Crippen molar-refractivity contribution >= 4 is 34.2 Å². The monoisotopic (exact) mass is 364 g/mol. The third kappa shape index (κ3) is 2.61. The van der Waals surface area contributed by atoms with E-state index in [1.54, 1.807) is 25.2 Å². The molecule has 1 atom stereocenters. The van der Waals surface area contributed by atoms with Gasteiger partial charge in [-0.1, -0.05) is 54.2 Å². The maximum absolute atomic E-state index is 12.7. The lowest BCUT2D eigenvalue weighted by molar-refractivity contribution is 0.0994. The van der Waals surface area contributed by atoms with Crippen molar-refractivity contribution in [2.24, 2.45) is 7.05 Å². The quantitative estimate of drug-likeness (QED) is 0.411. The highest BCUT2D eigenvalue weighted by molar-refractivity contribution is 8.00. The lowest BCUT2D eigenvalue weighted by Gasteiger charge is -2.11. The maximum Gasteiger partial charge on any atom is 0.262 e. The van der Waals surface area contributed by atoms with E-state index in [2.05, 4.69) is 10.2 Å². The summed E-state index contributed by atoms with van der Waals surface area (Å²) in [7, 11) is 1.67. The van der Waals surface area contributed by atoms with Crippen molar-refractivity contribution in [1.29, 1.82) is 0 Å². The molecule has 0 fully saturated rings. The normalized spacial score (nSPS) is 12.5. The summed E-state index contributed by atoms with van der Waals surface area (Å²) in [6, 6.07) is 16.5. The van der Waals surface area contributed by atoms with Crippen LogP contribution >= 0.6 is 11.8 Å². The molecule has 0 saturated carbocycles. The Labute approximate surface area is 153 Å². The van der Waals surface area contributed by atoms with Gasteiger partial charge in [-0.15, -0.1) is 10.2 Å². The van der Waals surface area contributed by atoms with E-state index in [0.29, 0.717) is 21.9 Å². The Bertz CT molecular complexity index is 1180. The van der Waals surface area contributed by atoms with E-state index < -0.39 is 0 Å². The highest BCUT2D eigenvalue weighted by atomic mass is 32.2. The third-order valence-corrected chi connectivity index (χ3v) is 5.35. The lowest BCUT2D eigenvalue weighted by atomic mass is 10.1. The van der Waals surface area contributed by atoms with Gasteiger partial charge in [-0.3, -0.25) is 18.6 Å². The molecule has 2 aromatic carbocycles. The zero-order chi connectivity index (χ0) is 18.3. The van der Waals surface area contributed by atoms with E-state index in [-0.39, 0.29) is 16.6 Å².